The first kappa shape index (κ1) is 12.7. The average molecular weight is 248 g/mol. The Bertz CT molecular complexity index is 451. The lowest BCUT2D eigenvalue weighted by molar-refractivity contribution is -0.123. The first-order valence-electron chi connectivity index (χ1n) is 5.76. The number of carbonyl (C=O) groups is 1. The highest BCUT2D eigenvalue weighted by atomic mass is 16.7. The maximum atomic E-state index is 11.4. The third kappa shape index (κ3) is 3.15. The molecular weight excluding hydrogens is 232 g/mol. The van der Waals surface area contributed by atoms with Crippen LogP contribution in [0.5, 0.6) is 0 Å². The highest BCUT2D eigenvalue weighted by Gasteiger charge is 2.19. The van der Waals surface area contributed by atoms with E-state index in [1.807, 2.05) is 18.2 Å². The van der Waals surface area contributed by atoms with Crippen molar-refractivity contribution < 1.29 is 14.3 Å². The maximum Gasteiger partial charge on any atom is 0.246 e. The lowest BCUT2D eigenvalue weighted by atomic mass is 10.2. The predicted octanol–water partition coefficient (Wildman–Crippen LogP) is 1.23. The molecule has 0 bridgehead atoms. The highest BCUT2D eigenvalue weighted by molar-refractivity contribution is 5.91. The smallest absolute Gasteiger partial charge is 0.246 e. The molecule has 0 spiro atoms. The van der Waals surface area contributed by atoms with Gasteiger partial charge in [0.25, 0.3) is 0 Å². The molecule has 0 atom stereocenters. The highest BCUT2D eigenvalue weighted by Crippen LogP contribution is 2.21. The zero-order valence-electron chi connectivity index (χ0n) is 10.5. The number of ether oxygens (including phenoxy) is 2. The summed E-state index contributed by atoms with van der Waals surface area (Å²) in [6.07, 6.45) is 2.78. The second-order valence-corrected chi connectivity index (χ2v) is 4.13. The minimum absolute atomic E-state index is 0.0735. The number of hydrogen-bond acceptors (Lipinski definition) is 4. The minimum Gasteiger partial charge on any atom is -0.345 e. The second kappa shape index (κ2) is 5.75. The molecule has 0 radical (unpaired) electrons. The summed E-state index contributed by atoms with van der Waals surface area (Å²) in [5.41, 5.74) is 1.44. The number of rotatable bonds is 3. The number of amides is 1. The molecule has 1 aromatic rings. The van der Waals surface area contributed by atoms with Crippen LogP contribution in [0.3, 0.4) is 0 Å². The topological polar surface area (TPSA) is 51.7 Å². The first-order chi connectivity index (χ1) is 8.66. The molecule has 1 aromatic heterocycles. The van der Waals surface area contributed by atoms with E-state index in [0.717, 1.165) is 5.69 Å². The molecule has 0 aromatic carbocycles. The monoisotopic (exact) mass is 248 g/mol. The number of nitrogens with zero attached hydrogens (tertiary/aromatic N) is 2. The molecule has 0 unspecified atom stereocenters. The van der Waals surface area contributed by atoms with Gasteiger partial charge in [-0.15, -0.1) is 0 Å². The Kier molecular flexibility index (Phi) is 4.07. The van der Waals surface area contributed by atoms with Crippen LogP contribution in [-0.4, -0.2) is 43.1 Å². The number of pyridine rings is 1. The third-order valence-corrected chi connectivity index (χ3v) is 2.49. The van der Waals surface area contributed by atoms with Crippen molar-refractivity contribution in [3.8, 4) is 0 Å². The third-order valence-electron chi connectivity index (χ3n) is 2.49. The number of hydrogen-bond donors (Lipinski definition) is 0. The molecule has 0 saturated carbocycles. The number of carbonyl (C=O) groups excluding carboxylic acids is 1. The van der Waals surface area contributed by atoms with Gasteiger partial charge in [0.15, 0.2) is 0 Å². The van der Waals surface area contributed by atoms with Crippen LogP contribution >= 0.6 is 0 Å². The van der Waals surface area contributed by atoms with Gasteiger partial charge in [-0.25, -0.2) is 4.98 Å². The van der Waals surface area contributed by atoms with E-state index in [4.69, 9.17) is 9.47 Å². The Labute approximate surface area is 106 Å². The summed E-state index contributed by atoms with van der Waals surface area (Å²) in [6, 6.07) is 5.55. The molecule has 1 aliphatic heterocycles. The van der Waals surface area contributed by atoms with Gasteiger partial charge in [0.1, 0.15) is 0 Å². The lowest BCUT2D eigenvalue weighted by Gasteiger charge is -2.08. The maximum absolute atomic E-state index is 11.4. The predicted molar refractivity (Wildman–Crippen MR) is 66.6 cm³/mol. The van der Waals surface area contributed by atoms with E-state index in [9.17, 15) is 4.79 Å². The first-order valence-corrected chi connectivity index (χ1v) is 5.76. The molecule has 5 heteroatoms. The molecule has 5 nitrogen and oxygen atoms in total. The molecule has 1 saturated heterocycles. The van der Waals surface area contributed by atoms with E-state index in [1.165, 1.54) is 11.0 Å². The van der Waals surface area contributed by atoms with Crippen molar-refractivity contribution in [1.29, 1.82) is 0 Å². The Morgan fingerprint density at radius 2 is 2.11 bits per heavy atom. The van der Waals surface area contributed by atoms with Gasteiger partial charge in [-0.3, -0.25) is 4.79 Å². The van der Waals surface area contributed by atoms with E-state index in [1.54, 1.807) is 20.2 Å². The van der Waals surface area contributed by atoms with Crippen molar-refractivity contribution in [2.24, 2.45) is 0 Å². The number of likely N-dealkylation sites (N-methyl/N-ethyl adjacent to an activating group) is 1. The van der Waals surface area contributed by atoms with Crippen LogP contribution in [0.1, 0.15) is 17.7 Å². The standard InChI is InChI=1S/C13H16N2O3/c1-15(2)12(16)7-6-10-4-3-5-11(14-10)13-17-8-9-18-13/h3-7,13H,8-9H2,1-2H3. The van der Waals surface area contributed by atoms with Crippen molar-refractivity contribution in [3.05, 3.63) is 35.7 Å². The summed E-state index contributed by atoms with van der Waals surface area (Å²) in [7, 11) is 3.41. The van der Waals surface area contributed by atoms with E-state index in [2.05, 4.69) is 4.98 Å². The van der Waals surface area contributed by atoms with Crippen molar-refractivity contribution in [2.45, 2.75) is 6.29 Å². The summed E-state index contributed by atoms with van der Waals surface area (Å²) >= 11 is 0. The fraction of sp³-hybridized carbons (Fsp3) is 0.385. The summed E-state index contributed by atoms with van der Waals surface area (Å²) in [5.74, 6) is -0.0735. The Morgan fingerprint density at radius 3 is 2.78 bits per heavy atom. The number of aromatic nitrogens is 1. The molecule has 96 valence electrons. The molecule has 2 heterocycles. The van der Waals surface area contributed by atoms with Crippen molar-refractivity contribution in [3.63, 3.8) is 0 Å². The average Bonchev–Trinajstić information content (AvgIpc) is 2.90. The van der Waals surface area contributed by atoms with Gasteiger partial charge in [0.2, 0.25) is 12.2 Å². The zero-order valence-corrected chi connectivity index (χ0v) is 10.5. The lowest BCUT2D eigenvalue weighted by Crippen LogP contribution is -2.18. The van der Waals surface area contributed by atoms with E-state index in [-0.39, 0.29) is 12.2 Å². The fourth-order valence-electron chi connectivity index (χ4n) is 1.53. The summed E-state index contributed by atoms with van der Waals surface area (Å²) in [6.45, 7) is 1.18. The normalized spacial score (nSPS) is 16.3. The van der Waals surface area contributed by atoms with Crippen molar-refractivity contribution in [2.75, 3.05) is 27.3 Å². The van der Waals surface area contributed by atoms with Gasteiger partial charge < -0.3 is 14.4 Å². The van der Waals surface area contributed by atoms with E-state index < -0.39 is 0 Å². The molecule has 1 amide bonds. The molecule has 1 aliphatic rings. The molecule has 18 heavy (non-hydrogen) atoms. The molecular formula is C13H16N2O3. The van der Waals surface area contributed by atoms with Crippen molar-refractivity contribution >= 4 is 12.0 Å². The van der Waals surface area contributed by atoms with Gasteiger partial charge >= 0.3 is 0 Å². The summed E-state index contributed by atoms with van der Waals surface area (Å²) in [4.78, 5) is 17.3. The second-order valence-electron chi connectivity index (χ2n) is 4.13. The van der Waals surface area contributed by atoms with Crippen LogP contribution < -0.4 is 0 Å². The van der Waals surface area contributed by atoms with Crippen LogP contribution in [0, 0.1) is 0 Å². The van der Waals surface area contributed by atoms with Crippen LogP contribution in [-0.2, 0) is 14.3 Å². The van der Waals surface area contributed by atoms with E-state index >= 15 is 0 Å². The van der Waals surface area contributed by atoms with Gasteiger partial charge in [-0.2, -0.15) is 0 Å². The summed E-state index contributed by atoms with van der Waals surface area (Å²) < 4.78 is 10.7. The van der Waals surface area contributed by atoms with Gasteiger partial charge in [-0.1, -0.05) is 6.07 Å². The van der Waals surface area contributed by atoms with Crippen molar-refractivity contribution in [1.82, 2.24) is 9.88 Å². The molecule has 0 N–H and O–H groups in total. The van der Waals surface area contributed by atoms with Gasteiger partial charge in [0, 0.05) is 20.2 Å². The van der Waals surface area contributed by atoms with Crippen LogP contribution in [0.15, 0.2) is 24.3 Å². The van der Waals surface area contributed by atoms with Gasteiger partial charge in [-0.05, 0) is 18.2 Å². The minimum atomic E-state index is -0.386. The van der Waals surface area contributed by atoms with Gasteiger partial charge in [0.05, 0.1) is 24.6 Å². The van der Waals surface area contributed by atoms with E-state index in [0.29, 0.717) is 18.9 Å². The molecule has 1 fully saturated rings. The quantitative estimate of drug-likeness (QED) is 0.755. The Morgan fingerprint density at radius 1 is 1.39 bits per heavy atom. The van der Waals surface area contributed by atoms with Crippen LogP contribution in [0.25, 0.3) is 6.08 Å². The zero-order chi connectivity index (χ0) is 13.0. The largest absolute Gasteiger partial charge is 0.345 e. The Hall–Kier alpha value is -1.72. The van der Waals surface area contributed by atoms with Crippen LogP contribution in [0.4, 0.5) is 0 Å². The Balaban J connectivity index is 2.09. The fourth-order valence-corrected chi connectivity index (χ4v) is 1.53. The molecule has 2 rings (SSSR count). The van der Waals surface area contributed by atoms with Crippen LogP contribution in [0.2, 0.25) is 0 Å². The molecule has 0 aliphatic carbocycles. The summed E-state index contributed by atoms with van der Waals surface area (Å²) in [5, 5.41) is 0. The SMILES string of the molecule is CN(C)C(=O)C=Cc1cccc(C2OCCO2)n1.